The van der Waals surface area contributed by atoms with E-state index in [0.717, 1.165) is 17.6 Å². The summed E-state index contributed by atoms with van der Waals surface area (Å²) < 4.78 is 4.68. The molecule has 110 valence electrons. The second-order valence-corrected chi connectivity index (χ2v) is 5.84. The summed E-state index contributed by atoms with van der Waals surface area (Å²) in [5, 5.41) is 10.5. The van der Waals surface area contributed by atoms with Crippen molar-refractivity contribution in [2.24, 2.45) is 5.92 Å². The Morgan fingerprint density at radius 2 is 1.95 bits per heavy atom. The Morgan fingerprint density at radius 3 is 2.57 bits per heavy atom. The van der Waals surface area contributed by atoms with Gasteiger partial charge < -0.3 is 9.84 Å². The fourth-order valence-corrected chi connectivity index (χ4v) is 3.90. The number of fused-ring (bicyclic) bond motifs is 1. The van der Waals surface area contributed by atoms with Crippen molar-refractivity contribution in [1.29, 1.82) is 0 Å². The topological polar surface area (TPSA) is 63.6 Å². The standard InChI is InChI=1S/C17H18O4/c1-10-9-15(19)17(13(10)7-8-14(17)18)12-5-3-11(4-6-12)16(20)21-2/h3-6,9,13-14,18H,7-8H2,1-2H3/t13-,14-,17+/m1/s1. The minimum absolute atomic E-state index is 0.0270. The summed E-state index contributed by atoms with van der Waals surface area (Å²) in [4.78, 5) is 24.0. The molecule has 3 rings (SSSR count). The smallest absolute Gasteiger partial charge is 0.337 e. The van der Waals surface area contributed by atoms with Gasteiger partial charge in [-0.3, -0.25) is 4.79 Å². The van der Waals surface area contributed by atoms with E-state index in [4.69, 9.17) is 0 Å². The van der Waals surface area contributed by atoms with Crippen LogP contribution in [0, 0.1) is 5.92 Å². The molecule has 1 saturated carbocycles. The van der Waals surface area contributed by atoms with Gasteiger partial charge in [0, 0.05) is 0 Å². The highest BCUT2D eigenvalue weighted by atomic mass is 16.5. The average molecular weight is 286 g/mol. The predicted octanol–water partition coefficient (Wildman–Crippen LogP) is 2.01. The van der Waals surface area contributed by atoms with Crippen LogP contribution in [0.15, 0.2) is 35.9 Å². The molecule has 3 atom stereocenters. The average Bonchev–Trinajstić information content (AvgIpc) is 2.96. The zero-order valence-electron chi connectivity index (χ0n) is 12.1. The third kappa shape index (κ3) is 1.79. The number of aliphatic hydroxyl groups excluding tert-OH is 1. The van der Waals surface area contributed by atoms with E-state index in [0.29, 0.717) is 12.0 Å². The zero-order valence-corrected chi connectivity index (χ0v) is 12.1. The fraction of sp³-hybridized carbons (Fsp3) is 0.412. The van der Waals surface area contributed by atoms with Crippen LogP contribution in [0.3, 0.4) is 0 Å². The van der Waals surface area contributed by atoms with E-state index in [-0.39, 0.29) is 11.7 Å². The number of rotatable bonds is 2. The third-order valence-electron chi connectivity index (χ3n) is 4.90. The lowest BCUT2D eigenvalue weighted by atomic mass is 9.70. The molecular weight excluding hydrogens is 268 g/mol. The number of aliphatic hydroxyl groups is 1. The largest absolute Gasteiger partial charge is 0.465 e. The molecule has 4 nitrogen and oxygen atoms in total. The maximum Gasteiger partial charge on any atom is 0.337 e. The van der Waals surface area contributed by atoms with E-state index >= 15 is 0 Å². The Bertz CT molecular complexity index is 629. The van der Waals surface area contributed by atoms with Gasteiger partial charge in [0.15, 0.2) is 5.78 Å². The number of methoxy groups -OCH3 is 1. The Labute approximate surface area is 123 Å². The quantitative estimate of drug-likeness (QED) is 0.845. The predicted molar refractivity (Wildman–Crippen MR) is 77.0 cm³/mol. The second-order valence-electron chi connectivity index (χ2n) is 5.84. The fourth-order valence-electron chi connectivity index (χ4n) is 3.90. The molecule has 2 aliphatic carbocycles. The molecule has 2 aliphatic rings. The molecule has 1 aromatic carbocycles. The minimum atomic E-state index is -0.862. The summed E-state index contributed by atoms with van der Waals surface area (Å²) in [6.45, 7) is 1.95. The Balaban J connectivity index is 2.05. The number of carbonyl (C=O) groups excluding carboxylic acids is 2. The summed E-state index contributed by atoms with van der Waals surface area (Å²) in [7, 11) is 1.33. The molecule has 21 heavy (non-hydrogen) atoms. The van der Waals surface area contributed by atoms with Crippen LogP contribution >= 0.6 is 0 Å². The summed E-state index contributed by atoms with van der Waals surface area (Å²) in [5.74, 6) is -0.376. The van der Waals surface area contributed by atoms with E-state index in [1.807, 2.05) is 6.92 Å². The van der Waals surface area contributed by atoms with Crippen molar-refractivity contribution in [2.45, 2.75) is 31.3 Å². The van der Waals surface area contributed by atoms with Crippen LogP contribution in [-0.4, -0.2) is 30.1 Å². The van der Waals surface area contributed by atoms with Crippen molar-refractivity contribution in [3.8, 4) is 0 Å². The van der Waals surface area contributed by atoms with Crippen LogP contribution in [0.25, 0.3) is 0 Å². The van der Waals surface area contributed by atoms with Gasteiger partial charge in [0.1, 0.15) is 0 Å². The molecule has 1 fully saturated rings. The van der Waals surface area contributed by atoms with Crippen molar-refractivity contribution in [3.05, 3.63) is 47.0 Å². The normalized spacial score (nSPS) is 31.0. The molecule has 0 unspecified atom stereocenters. The van der Waals surface area contributed by atoms with E-state index in [9.17, 15) is 14.7 Å². The summed E-state index contributed by atoms with van der Waals surface area (Å²) in [5.41, 5.74) is 1.40. The lowest BCUT2D eigenvalue weighted by Gasteiger charge is -2.32. The van der Waals surface area contributed by atoms with Gasteiger partial charge in [-0.05, 0) is 49.5 Å². The maximum atomic E-state index is 12.5. The van der Waals surface area contributed by atoms with Crippen LogP contribution in [-0.2, 0) is 14.9 Å². The van der Waals surface area contributed by atoms with Crippen molar-refractivity contribution < 1.29 is 19.4 Å². The number of benzene rings is 1. The first-order chi connectivity index (χ1) is 10.0. The number of hydrogen-bond acceptors (Lipinski definition) is 4. The summed E-state index contributed by atoms with van der Waals surface area (Å²) in [6, 6.07) is 6.83. The molecule has 0 aliphatic heterocycles. The number of hydrogen-bond donors (Lipinski definition) is 1. The van der Waals surface area contributed by atoms with Crippen LogP contribution < -0.4 is 0 Å². The Morgan fingerprint density at radius 1 is 1.29 bits per heavy atom. The number of ether oxygens (including phenoxy) is 1. The molecule has 1 N–H and O–H groups in total. The summed E-state index contributed by atoms with van der Waals surface area (Å²) in [6.07, 6.45) is 2.42. The molecule has 0 aromatic heterocycles. The van der Waals surface area contributed by atoms with Crippen molar-refractivity contribution >= 4 is 11.8 Å². The lowest BCUT2D eigenvalue weighted by Crippen LogP contribution is -2.44. The van der Waals surface area contributed by atoms with Crippen molar-refractivity contribution in [2.75, 3.05) is 7.11 Å². The highest BCUT2D eigenvalue weighted by molar-refractivity contribution is 6.04. The number of ketones is 1. The first kappa shape index (κ1) is 14.0. The van der Waals surface area contributed by atoms with Crippen LogP contribution in [0.2, 0.25) is 0 Å². The van der Waals surface area contributed by atoms with Gasteiger partial charge in [-0.2, -0.15) is 0 Å². The molecule has 0 amide bonds. The lowest BCUT2D eigenvalue weighted by molar-refractivity contribution is -0.123. The van der Waals surface area contributed by atoms with Gasteiger partial charge in [0.05, 0.1) is 24.2 Å². The molecule has 0 bridgehead atoms. The molecule has 0 heterocycles. The molecule has 0 spiro atoms. The number of allylic oxidation sites excluding steroid dienone is 2. The molecule has 1 aromatic rings. The minimum Gasteiger partial charge on any atom is -0.465 e. The SMILES string of the molecule is COC(=O)c1ccc([C@]23C(=O)C=C(C)[C@H]2CC[C@H]3O)cc1. The number of esters is 1. The monoisotopic (exact) mass is 286 g/mol. The van der Waals surface area contributed by atoms with E-state index in [2.05, 4.69) is 4.74 Å². The first-order valence-electron chi connectivity index (χ1n) is 7.11. The Hall–Kier alpha value is -1.94. The van der Waals surface area contributed by atoms with Gasteiger partial charge in [0.25, 0.3) is 0 Å². The van der Waals surface area contributed by atoms with Gasteiger partial charge >= 0.3 is 5.97 Å². The number of carbonyl (C=O) groups is 2. The molecule has 4 heteroatoms. The highest BCUT2D eigenvalue weighted by Gasteiger charge is 2.58. The third-order valence-corrected chi connectivity index (χ3v) is 4.90. The van der Waals surface area contributed by atoms with Gasteiger partial charge in [-0.25, -0.2) is 4.79 Å². The van der Waals surface area contributed by atoms with E-state index in [1.165, 1.54) is 7.11 Å². The van der Waals surface area contributed by atoms with Crippen molar-refractivity contribution in [3.63, 3.8) is 0 Å². The molecule has 0 radical (unpaired) electrons. The van der Waals surface area contributed by atoms with E-state index in [1.54, 1.807) is 30.3 Å². The first-order valence-corrected chi connectivity index (χ1v) is 7.11. The Kier molecular flexibility index (Phi) is 3.21. The summed E-state index contributed by atoms with van der Waals surface area (Å²) >= 11 is 0. The van der Waals surface area contributed by atoms with E-state index < -0.39 is 17.5 Å². The van der Waals surface area contributed by atoms with Gasteiger partial charge in [-0.15, -0.1) is 0 Å². The van der Waals surface area contributed by atoms with Crippen LogP contribution in [0.4, 0.5) is 0 Å². The molecular formula is C17H18O4. The molecule has 0 saturated heterocycles. The zero-order chi connectivity index (χ0) is 15.2. The second kappa shape index (κ2) is 4.81. The highest BCUT2D eigenvalue weighted by Crippen LogP contribution is 2.53. The van der Waals surface area contributed by atoms with Gasteiger partial charge in [-0.1, -0.05) is 17.7 Å². The van der Waals surface area contributed by atoms with Crippen LogP contribution in [0.5, 0.6) is 0 Å². The van der Waals surface area contributed by atoms with Crippen LogP contribution in [0.1, 0.15) is 35.7 Å². The maximum absolute atomic E-state index is 12.5. The van der Waals surface area contributed by atoms with Crippen molar-refractivity contribution in [1.82, 2.24) is 0 Å². The van der Waals surface area contributed by atoms with Gasteiger partial charge in [0.2, 0.25) is 0 Å².